The van der Waals surface area contributed by atoms with E-state index >= 15 is 0 Å². The number of pyridine rings is 1. The second kappa shape index (κ2) is 8.07. The Kier molecular flexibility index (Phi) is 6.75. The molecule has 0 N–H and O–H groups in total. The summed E-state index contributed by atoms with van der Waals surface area (Å²) in [5.41, 5.74) is 1.63. The molecule has 1 aromatic heterocycles. The van der Waals surface area contributed by atoms with Gasteiger partial charge in [0, 0.05) is 5.56 Å². The van der Waals surface area contributed by atoms with Crippen LogP contribution in [0.15, 0.2) is 30.3 Å². The van der Waals surface area contributed by atoms with Gasteiger partial charge >= 0.3 is 0 Å². The second-order valence-corrected chi connectivity index (χ2v) is 4.27. The van der Waals surface area contributed by atoms with Gasteiger partial charge in [-0.25, -0.2) is 9.37 Å². The van der Waals surface area contributed by atoms with Gasteiger partial charge in [0.15, 0.2) is 5.75 Å². The molecule has 108 valence electrons. The average Bonchev–Trinajstić information content (AvgIpc) is 2.45. The van der Waals surface area contributed by atoms with Gasteiger partial charge in [0.2, 0.25) is 0 Å². The summed E-state index contributed by atoms with van der Waals surface area (Å²) >= 11 is 5.59. The predicted molar refractivity (Wildman–Crippen MR) is 80.1 cm³/mol. The van der Waals surface area contributed by atoms with E-state index in [1.807, 2.05) is 13.8 Å². The van der Waals surface area contributed by atoms with E-state index in [-0.39, 0.29) is 29.1 Å². The summed E-state index contributed by atoms with van der Waals surface area (Å²) in [7, 11) is 0. The van der Waals surface area contributed by atoms with Gasteiger partial charge < -0.3 is 4.18 Å². The van der Waals surface area contributed by atoms with Crippen molar-refractivity contribution in [2.75, 3.05) is 0 Å². The Labute approximate surface area is 126 Å². The fourth-order valence-corrected chi connectivity index (χ4v) is 2.08. The molecule has 2 aromatic rings. The number of rotatable bonds is 3. The van der Waals surface area contributed by atoms with Crippen LogP contribution in [0.2, 0.25) is 5.15 Å². The Morgan fingerprint density at radius 1 is 1.20 bits per heavy atom. The minimum absolute atomic E-state index is 0.267. The van der Waals surface area contributed by atoms with Crippen molar-refractivity contribution in [3.63, 3.8) is 0 Å². The van der Waals surface area contributed by atoms with E-state index in [0.717, 1.165) is 0 Å². The molecule has 20 heavy (non-hydrogen) atoms. The van der Waals surface area contributed by atoms with E-state index in [0.29, 0.717) is 16.8 Å². The maximum Gasteiger partial charge on any atom is 0.272 e. The largest absolute Gasteiger partial charge is 0.394 e. The standard InChI is InChI=1S/C12H8ClF2NOS.C2H6/c1-7-6-10(13)16-11(12(7)17-18-15)8-2-4-9(14)5-3-8;1-2/h2-6H,1H3;1-2H3. The molecule has 1 aromatic carbocycles. The molecule has 2 rings (SSSR count). The van der Waals surface area contributed by atoms with Crippen LogP contribution in [0.1, 0.15) is 19.4 Å². The maximum absolute atomic E-state index is 12.9. The van der Waals surface area contributed by atoms with Crippen LogP contribution in [0.5, 0.6) is 5.75 Å². The van der Waals surface area contributed by atoms with Crippen LogP contribution in [-0.4, -0.2) is 4.98 Å². The van der Waals surface area contributed by atoms with E-state index in [1.165, 1.54) is 24.3 Å². The third kappa shape index (κ3) is 4.08. The van der Waals surface area contributed by atoms with Crippen LogP contribution in [0, 0.1) is 12.7 Å². The maximum atomic E-state index is 12.9. The Morgan fingerprint density at radius 3 is 2.35 bits per heavy atom. The van der Waals surface area contributed by atoms with Gasteiger partial charge in [0.1, 0.15) is 16.7 Å². The zero-order chi connectivity index (χ0) is 15.1. The molecule has 0 amide bonds. The lowest BCUT2D eigenvalue weighted by Crippen LogP contribution is -1.93. The van der Waals surface area contributed by atoms with Crippen LogP contribution in [0.25, 0.3) is 11.3 Å². The van der Waals surface area contributed by atoms with Crippen molar-refractivity contribution in [3.05, 3.63) is 46.9 Å². The number of aryl methyl sites for hydroxylation is 1. The third-order valence-corrected chi connectivity index (χ3v) is 2.78. The lowest BCUT2D eigenvalue weighted by atomic mass is 10.1. The number of halogens is 3. The van der Waals surface area contributed by atoms with Crippen molar-refractivity contribution in [2.45, 2.75) is 20.8 Å². The molecular formula is C14H14ClF2NOS. The van der Waals surface area contributed by atoms with Gasteiger partial charge in [-0.2, -0.15) is 0 Å². The van der Waals surface area contributed by atoms with E-state index in [2.05, 4.69) is 4.98 Å². The number of hydrogen-bond acceptors (Lipinski definition) is 3. The summed E-state index contributed by atoms with van der Waals surface area (Å²) in [5, 5.41) is 0.267. The van der Waals surface area contributed by atoms with Gasteiger partial charge in [-0.05, 0) is 42.8 Å². The van der Waals surface area contributed by atoms with Crippen LogP contribution >= 0.6 is 24.0 Å². The first-order chi connectivity index (χ1) is 9.61. The molecule has 6 heteroatoms. The topological polar surface area (TPSA) is 22.1 Å². The highest BCUT2D eigenvalue weighted by Crippen LogP contribution is 2.35. The summed E-state index contributed by atoms with van der Waals surface area (Å²) in [4.78, 5) is 4.09. The molecule has 0 atom stereocenters. The summed E-state index contributed by atoms with van der Waals surface area (Å²) in [6.45, 7) is 5.73. The fraction of sp³-hybridized carbons (Fsp3) is 0.214. The minimum atomic E-state index is -0.361. The zero-order valence-corrected chi connectivity index (χ0v) is 12.9. The fourth-order valence-electron chi connectivity index (χ4n) is 1.56. The average molecular weight is 318 g/mol. The Morgan fingerprint density at radius 2 is 1.80 bits per heavy atom. The molecule has 0 fully saturated rings. The summed E-state index contributed by atoms with van der Waals surface area (Å²) < 4.78 is 30.0. The number of benzene rings is 1. The van der Waals surface area contributed by atoms with E-state index in [9.17, 15) is 8.28 Å². The highest BCUT2D eigenvalue weighted by Gasteiger charge is 2.14. The van der Waals surface area contributed by atoms with Crippen molar-refractivity contribution in [3.8, 4) is 17.0 Å². The zero-order valence-electron chi connectivity index (χ0n) is 11.3. The molecule has 0 saturated heterocycles. The van der Waals surface area contributed by atoms with E-state index < -0.39 is 0 Å². The quantitative estimate of drug-likeness (QED) is 0.528. The van der Waals surface area contributed by atoms with Gasteiger partial charge in [-0.1, -0.05) is 25.4 Å². The highest BCUT2D eigenvalue weighted by atomic mass is 35.5. The van der Waals surface area contributed by atoms with Crippen LogP contribution in [-0.2, 0) is 0 Å². The summed E-state index contributed by atoms with van der Waals surface area (Å²) in [6, 6.07) is 7.21. The summed E-state index contributed by atoms with van der Waals surface area (Å²) in [6.07, 6.45) is 0. The second-order valence-electron chi connectivity index (χ2n) is 3.59. The lowest BCUT2D eigenvalue weighted by Gasteiger charge is -2.10. The highest BCUT2D eigenvalue weighted by molar-refractivity contribution is 7.89. The lowest BCUT2D eigenvalue weighted by molar-refractivity contribution is 0.604. The number of hydrogen-bond donors (Lipinski definition) is 0. The van der Waals surface area contributed by atoms with Gasteiger partial charge in [0.25, 0.3) is 12.4 Å². The van der Waals surface area contributed by atoms with E-state index in [4.69, 9.17) is 15.8 Å². The first-order valence-electron chi connectivity index (χ1n) is 6.00. The van der Waals surface area contributed by atoms with Crippen LogP contribution in [0.3, 0.4) is 0 Å². The van der Waals surface area contributed by atoms with Crippen molar-refractivity contribution in [2.24, 2.45) is 0 Å². The van der Waals surface area contributed by atoms with Gasteiger partial charge in [-0.3, -0.25) is 0 Å². The Bertz CT molecular complexity index is 564. The molecule has 0 spiro atoms. The number of aromatic nitrogens is 1. The molecule has 0 bridgehead atoms. The molecule has 0 aliphatic heterocycles. The molecule has 0 aliphatic rings. The van der Waals surface area contributed by atoms with Crippen LogP contribution in [0.4, 0.5) is 8.28 Å². The van der Waals surface area contributed by atoms with Crippen LogP contribution < -0.4 is 4.18 Å². The normalized spacial score (nSPS) is 9.70. The van der Waals surface area contributed by atoms with Crippen molar-refractivity contribution < 1.29 is 12.5 Å². The molecule has 0 aliphatic carbocycles. The molecule has 0 saturated carbocycles. The minimum Gasteiger partial charge on any atom is -0.394 e. The first kappa shape index (κ1) is 16.7. The Hall–Kier alpha value is -1.33. The molecule has 2 nitrogen and oxygen atoms in total. The van der Waals surface area contributed by atoms with Crippen molar-refractivity contribution >= 4 is 24.0 Å². The molecule has 0 radical (unpaired) electrons. The molecular weight excluding hydrogens is 304 g/mol. The third-order valence-electron chi connectivity index (χ3n) is 2.36. The summed E-state index contributed by atoms with van der Waals surface area (Å²) in [5.74, 6) is -0.0849. The monoisotopic (exact) mass is 317 g/mol. The van der Waals surface area contributed by atoms with E-state index in [1.54, 1.807) is 13.0 Å². The molecule has 0 unspecified atom stereocenters. The van der Waals surface area contributed by atoms with Gasteiger partial charge in [0.05, 0.1) is 0 Å². The smallest absolute Gasteiger partial charge is 0.272 e. The number of nitrogens with zero attached hydrogens (tertiary/aromatic N) is 1. The van der Waals surface area contributed by atoms with Crippen molar-refractivity contribution in [1.82, 2.24) is 4.98 Å². The SMILES string of the molecule is CC.Cc1cc(Cl)nc(-c2ccc(F)cc2)c1OSF. The predicted octanol–water partition coefficient (Wildman–Crippen LogP) is 5.79. The molecule has 1 heterocycles. The Balaban J connectivity index is 0.000000956. The van der Waals surface area contributed by atoms with Gasteiger partial charge in [-0.15, -0.1) is 3.89 Å². The first-order valence-corrected chi connectivity index (χ1v) is 7.02. The van der Waals surface area contributed by atoms with Crippen molar-refractivity contribution in [1.29, 1.82) is 0 Å².